The van der Waals surface area contributed by atoms with Gasteiger partial charge >= 0.3 is 65.2 Å². The number of hydrogen-bond acceptors (Lipinski definition) is 9. The van der Waals surface area contributed by atoms with Gasteiger partial charge in [-0.2, -0.15) is 4.31 Å². The molecule has 3 rings (SSSR count). The summed E-state index contributed by atoms with van der Waals surface area (Å²) in [5.41, 5.74) is 4.92. The van der Waals surface area contributed by atoms with Gasteiger partial charge in [0, 0.05) is 36.9 Å². The van der Waals surface area contributed by atoms with Crippen LogP contribution in [0.2, 0.25) is 0 Å². The Balaban J connectivity index is 0.00000400. The molecule has 1 heterocycles. The van der Waals surface area contributed by atoms with Crippen LogP contribution in [0, 0.1) is 5.92 Å². The van der Waals surface area contributed by atoms with Crippen LogP contribution in [0.1, 0.15) is 25.8 Å². The Hall–Kier alpha value is -0.470. The molecule has 11 nitrogen and oxygen atoms in total. The van der Waals surface area contributed by atoms with Crippen molar-refractivity contribution in [3.8, 4) is 0 Å². The Labute approximate surface area is 280 Å². The fourth-order valence-electron chi connectivity index (χ4n) is 4.22. The predicted molar refractivity (Wildman–Crippen MR) is 139 cm³/mol. The van der Waals surface area contributed by atoms with Crippen LogP contribution in [-0.2, 0) is 30.5 Å². The first-order chi connectivity index (χ1) is 17.9. The predicted octanol–water partition coefficient (Wildman–Crippen LogP) is -4.67. The number of amides is 1. The third kappa shape index (κ3) is 11.3. The fraction of sp³-hybridized carbons (Fsp3) is 0.480. The third-order valence-electron chi connectivity index (χ3n) is 6.11. The van der Waals surface area contributed by atoms with Crippen molar-refractivity contribution in [2.75, 3.05) is 32.0 Å². The average Bonchev–Trinajstić information content (AvgIpc) is 3.34. The Morgan fingerprint density at radius 2 is 1.75 bits per heavy atom. The topological polar surface area (TPSA) is 174 Å². The number of sulfonamides is 1. The van der Waals surface area contributed by atoms with Crippen molar-refractivity contribution in [3.63, 3.8) is 0 Å². The maximum Gasteiger partial charge on any atom is 1.00 e. The van der Waals surface area contributed by atoms with Gasteiger partial charge in [-0.1, -0.05) is 51.8 Å². The second-order valence-corrected chi connectivity index (χ2v) is 13.4. The zero-order valence-corrected chi connectivity index (χ0v) is 29.1. The van der Waals surface area contributed by atoms with E-state index in [4.69, 9.17) is 15.2 Å². The number of hydrogen-bond donors (Lipinski definition) is 2. The van der Waals surface area contributed by atoms with E-state index < -0.39 is 48.1 Å². The van der Waals surface area contributed by atoms with E-state index in [2.05, 4.69) is 5.32 Å². The normalized spacial score (nSPS) is 17.0. The second kappa shape index (κ2) is 17.0. The monoisotopic (exact) mass is 613 g/mol. The van der Waals surface area contributed by atoms with E-state index in [1.54, 1.807) is 44.2 Å². The van der Waals surface area contributed by atoms with Crippen LogP contribution in [0.15, 0.2) is 59.5 Å². The average molecular weight is 614 g/mol. The molecule has 0 radical (unpaired) electrons. The number of carbonyl (C=O) groups excluding carboxylic acids is 1. The van der Waals surface area contributed by atoms with E-state index in [1.165, 1.54) is 24.3 Å². The molecule has 1 saturated heterocycles. The number of rotatable bonds is 12. The summed E-state index contributed by atoms with van der Waals surface area (Å²) in [5.74, 6) is -0.190. The van der Waals surface area contributed by atoms with Gasteiger partial charge in [0.15, 0.2) is 0 Å². The quantitative estimate of drug-likeness (QED) is 0.136. The molecule has 0 spiro atoms. The number of ether oxygens (including phenoxy) is 2. The van der Waals surface area contributed by atoms with E-state index >= 15 is 0 Å². The molecule has 1 aliphatic heterocycles. The summed E-state index contributed by atoms with van der Waals surface area (Å²) < 4.78 is 51.3. The Kier molecular flexibility index (Phi) is 15.9. The van der Waals surface area contributed by atoms with Crippen molar-refractivity contribution in [1.82, 2.24) is 9.62 Å². The van der Waals surface area contributed by atoms with Gasteiger partial charge in [0.2, 0.25) is 10.0 Å². The second-order valence-electron chi connectivity index (χ2n) is 9.72. The molecule has 40 heavy (non-hydrogen) atoms. The van der Waals surface area contributed by atoms with E-state index in [1.807, 2.05) is 0 Å². The van der Waals surface area contributed by atoms with Gasteiger partial charge in [-0.15, -0.1) is 0 Å². The summed E-state index contributed by atoms with van der Waals surface area (Å²) in [6.07, 6.45) is -0.950. The van der Waals surface area contributed by atoms with Gasteiger partial charge in [-0.3, -0.25) is 0 Å². The number of nitrogen functional groups attached to an aromatic ring is 1. The van der Waals surface area contributed by atoms with Crippen LogP contribution < -0.4 is 80.0 Å². The standard InChI is InChI=1S/C25H36N3O8PS.2Na/c1-18(2)15-28(38(33,34)22-10-8-20(26)9-11-22)16-24(37(30,31)32)23(14-19-6-4-3-5-7-19)27-25(29)36-21-12-13-35-17-21;;/h3-11,18,21,23-24H,12-17,26H2,1-2H3,(H,27,29)(H2,30,31,32);;/q;2*+1/p-2/t21-,23-,24+;;/m0../s1. The molecule has 2 aromatic rings. The largest absolute Gasteiger partial charge is 1.00 e. The van der Waals surface area contributed by atoms with E-state index in [0.29, 0.717) is 24.3 Å². The van der Waals surface area contributed by atoms with E-state index in [-0.39, 0.29) is 89.5 Å². The molecule has 3 atom stereocenters. The molecular weight excluding hydrogens is 579 g/mol. The van der Waals surface area contributed by atoms with Crippen molar-refractivity contribution in [2.24, 2.45) is 5.92 Å². The van der Waals surface area contributed by atoms with Crippen LogP contribution in [0.25, 0.3) is 0 Å². The minimum Gasteiger partial charge on any atom is -0.810 e. The number of alkyl carbamates (subject to hydrolysis) is 1. The maximum absolute atomic E-state index is 13.5. The Morgan fingerprint density at radius 1 is 1.12 bits per heavy atom. The SMILES string of the molecule is CC(C)CN(C[C@H]([C@H](Cc1ccccc1)NC(=O)O[C@H]1CCOC1)P(=O)([O-])[O-])S(=O)(=O)c1ccc(N)cc1.[Na+].[Na+]. The van der Waals surface area contributed by atoms with Crippen LogP contribution in [0.4, 0.5) is 10.5 Å². The van der Waals surface area contributed by atoms with E-state index in [0.717, 1.165) is 4.31 Å². The summed E-state index contributed by atoms with van der Waals surface area (Å²) in [5, 5.41) is 2.53. The molecule has 0 aliphatic carbocycles. The first-order valence-electron chi connectivity index (χ1n) is 12.3. The number of nitrogens with zero attached hydrogens (tertiary/aromatic N) is 1. The van der Waals surface area contributed by atoms with Crippen LogP contribution >= 0.6 is 7.60 Å². The van der Waals surface area contributed by atoms with Gasteiger partial charge in [0.1, 0.15) is 6.10 Å². The van der Waals surface area contributed by atoms with Crippen molar-refractivity contribution >= 4 is 29.4 Å². The summed E-state index contributed by atoms with van der Waals surface area (Å²) in [4.78, 5) is 37.9. The third-order valence-corrected chi connectivity index (χ3v) is 9.29. The van der Waals surface area contributed by atoms with E-state index in [9.17, 15) is 27.6 Å². The number of nitrogens with one attached hydrogen (secondary N) is 1. The zero-order chi connectivity index (χ0) is 27.9. The molecule has 210 valence electrons. The van der Waals surface area contributed by atoms with Crippen molar-refractivity contribution in [3.05, 3.63) is 60.2 Å². The first kappa shape index (κ1) is 37.6. The van der Waals surface area contributed by atoms with Crippen LogP contribution in [0.5, 0.6) is 0 Å². The first-order valence-corrected chi connectivity index (χ1v) is 15.4. The van der Waals surface area contributed by atoms with Gasteiger partial charge in [-0.05, 0) is 42.2 Å². The molecule has 0 aromatic heterocycles. The zero-order valence-electron chi connectivity index (χ0n) is 23.4. The number of nitrogens with two attached hydrogens (primary N) is 1. The number of anilines is 1. The summed E-state index contributed by atoms with van der Waals surface area (Å²) in [7, 11) is -9.65. The Bertz CT molecular complexity index is 1210. The summed E-state index contributed by atoms with van der Waals surface area (Å²) in [6, 6.07) is 12.9. The van der Waals surface area contributed by atoms with Gasteiger partial charge in [0.05, 0.1) is 18.1 Å². The molecule has 0 unspecified atom stereocenters. The maximum atomic E-state index is 13.5. The van der Waals surface area contributed by atoms with Crippen molar-refractivity contribution in [2.45, 2.75) is 49.4 Å². The molecule has 3 N–H and O–H groups in total. The number of carbonyl (C=O) groups is 1. The fourth-order valence-corrected chi connectivity index (χ4v) is 6.97. The molecule has 1 fully saturated rings. The molecule has 2 aromatic carbocycles. The minimum absolute atomic E-state index is 0. The van der Waals surface area contributed by atoms with Crippen molar-refractivity contribution in [1.29, 1.82) is 0 Å². The van der Waals surface area contributed by atoms with Crippen LogP contribution in [0.3, 0.4) is 0 Å². The van der Waals surface area contributed by atoms with Crippen LogP contribution in [-0.4, -0.2) is 62.9 Å². The molecule has 15 heteroatoms. The molecular formula is C25H34N3Na2O8PS. The van der Waals surface area contributed by atoms with Gasteiger partial charge < -0.3 is 34.9 Å². The van der Waals surface area contributed by atoms with Crippen molar-refractivity contribution < 1.29 is 96.2 Å². The summed E-state index contributed by atoms with van der Waals surface area (Å²) >= 11 is 0. The Morgan fingerprint density at radius 3 is 2.27 bits per heavy atom. The molecule has 0 bridgehead atoms. The van der Waals surface area contributed by atoms with Gasteiger partial charge in [-0.25, -0.2) is 13.2 Å². The number of benzene rings is 2. The summed E-state index contributed by atoms with van der Waals surface area (Å²) in [6.45, 7) is 3.48. The molecule has 1 aliphatic rings. The van der Waals surface area contributed by atoms with Gasteiger partial charge in [0.25, 0.3) is 0 Å². The molecule has 1 amide bonds. The smallest absolute Gasteiger partial charge is 0.810 e. The minimum atomic E-state index is -5.45. The molecule has 0 saturated carbocycles.